The van der Waals surface area contributed by atoms with Crippen LogP contribution in [0.3, 0.4) is 0 Å². The van der Waals surface area contributed by atoms with Gasteiger partial charge in [-0.2, -0.15) is 0 Å². The van der Waals surface area contributed by atoms with E-state index < -0.39 is 5.97 Å². The van der Waals surface area contributed by atoms with E-state index in [1.54, 1.807) is 0 Å². The Morgan fingerprint density at radius 1 is 1.06 bits per heavy atom. The molecule has 18 heavy (non-hydrogen) atoms. The SMILES string of the molecule is O=C(O)C(=Cc1ccccc1)C1CCCCCC1. The predicted octanol–water partition coefficient (Wildman–Crippen LogP) is 4.13. The number of hydrogen-bond acceptors (Lipinski definition) is 1. The molecule has 0 spiro atoms. The van der Waals surface area contributed by atoms with Crippen LogP contribution >= 0.6 is 0 Å². The zero-order chi connectivity index (χ0) is 12.8. The van der Waals surface area contributed by atoms with Gasteiger partial charge in [0.25, 0.3) is 0 Å². The zero-order valence-corrected chi connectivity index (χ0v) is 10.6. The van der Waals surface area contributed by atoms with Gasteiger partial charge in [-0.3, -0.25) is 0 Å². The lowest BCUT2D eigenvalue weighted by Gasteiger charge is -2.15. The van der Waals surface area contributed by atoms with Gasteiger partial charge in [-0.1, -0.05) is 56.0 Å². The zero-order valence-electron chi connectivity index (χ0n) is 10.6. The molecule has 1 saturated carbocycles. The largest absolute Gasteiger partial charge is 0.478 e. The summed E-state index contributed by atoms with van der Waals surface area (Å²) in [6, 6.07) is 9.75. The highest BCUT2D eigenvalue weighted by molar-refractivity contribution is 5.92. The van der Waals surface area contributed by atoms with Crippen LogP contribution in [0.2, 0.25) is 0 Å². The maximum Gasteiger partial charge on any atom is 0.331 e. The van der Waals surface area contributed by atoms with E-state index >= 15 is 0 Å². The lowest BCUT2D eigenvalue weighted by molar-refractivity contribution is -0.133. The monoisotopic (exact) mass is 244 g/mol. The Balaban J connectivity index is 2.22. The topological polar surface area (TPSA) is 37.3 Å². The Labute approximate surface area is 108 Å². The Morgan fingerprint density at radius 2 is 1.67 bits per heavy atom. The molecule has 0 amide bonds. The van der Waals surface area contributed by atoms with Crippen LogP contribution in [0, 0.1) is 5.92 Å². The minimum absolute atomic E-state index is 0.227. The van der Waals surface area contributed by atoms with Crippen molar-refractivity contribution in [3.05, 3.63) is 41.5 Å². The number of aliphatic carboxylic acids is 1. The summed E-state index contributed by atoms with van der Waals surface area (Å²) in [6.07, 6.45) is 8.69. The molecule has 0 atom stereocenters. The first-order valence-electron chi connectivity index (χ1n) is 6.77. The highest BCUT2D eigenvalue weighted by Gasteiger charge is 2.21. The van der Waals surface area contributed by atoms with E-state index in [-0.39, 0.29) is 5.92 Å². The van der Waals surface area contributed by atoms with Crippen molar-refractivity contribution in [1.29, 1.82) is 0 Å². The van der Waals surface area contributed by atoms with Crippen molar-refractivity contribution in [2.75, 3.05) is 0 Å². The molecule has 0 unspecified atom stereocenters. The predicted molar refractivity (Wildman–Crippen MR) is 73.2 cm³/mol. The average molecular weight is 244 g/mol. The van der Waals surface area contributed by atoms with Crippen molar-refractivity contribution in [1.82, 2.24) is 0 Å². The molecule has 0 saturated heterocycles. The van der Waals surface area contributed by atoms with E-state index in [0.29, 0.717) is 5.57 Å². The number of carboxylic acids is 1. The van der Waals surface area contributed by atoms with Crippen LogP contribution in [0.15, 0.2) is 35.9 Å². The van der Waals surface area contributed by atoms with Gasteiger partial charge in [0.15, 0.2) is 0 Å². The molecular formula is C16H20O2. The quantitative estimate of drug-likeness (QED) is 0.641. The van der Waals surface area contributed by atoms with Crippen molar-refractivity contribution in [2.45, 2.75) is 38.5 Å². The Hall–Kier alpha value is -1.57. The Morgan fingerprint density at radius 3 is 2.22 bits per heavy atom. The van der Waals surface area contributed by atoms with Crippen molar-refractivity contribution >= 4 is 12.0 Å². The lowest BCUT2D eigenvalue weighted by atomic mass is 9.90. The van der Waals surface area contributed by atoms with Gasteiger partial charge in [-0.05, 0) is 30.4 Å². The summed E-state index contributed by atoms with van der Waals surface area (Å²) in [5, 5.41) is 9.41. The van der Waals surface area contributed by atoms with Gasteiger partial charge in [0.1, 0.15) is 0 Å². The summed E-state index contributed by atoms with van der Waals surface area (Å²) in [4.78, 5) is 11.4. The summed E-state index contributed by atoms with van der Waals surface area (Å²) in [7, 11) is 0. The molecule has 2 nitrogen and oxygen atoms in total. The van der Waals surface area contributed by atoms with Gasteiger partial charge in [-0.15, -0.1) is 0 Å². The van der Waals surface area contributed by atoms with Crippen molar-refractivity contribution < 1.29 is 9.90 Å². The van der Waals surface area contributed by atoms with Crippen LogP contribution in [0.25, 0.3) is 6.08 Å². The third-order valence-electron chi connectivity index (χ3n) is 3.66. The molecule has 1 fully saturated rings. The first kappa shape index (κ1) is 12.9. The molecule has 2 heteroatoms. The van der Waals surface area contributed by atoms with Crippen molar-refractivity contribution in [2.24, 2.45) is 5.92 Å². The molecule has 0 heterocycles. The smallest absolute Gasteiger partial charge is 0.331 e. The fourth-order valence-electron chi connectivity index (χ4n) is 2.67. The normalized spacial score (nSPS) is 18.3. The third kappa shape index (κ3) is 3.46. The molecule has 2 rings (SSSR count). The molecule has 0 aliphatic heterocycles. The first-order chi connectivity index (χ1) is 8.77. The number of rotatable bonds is 3. The molecule has 1 N–H and O–H groups in total. The summed E-state index contributed by atoms with van der Waals surface area (Å²) in [6.45, 7) is 0. The standard InChI is InChI=1S/C16H20O2/c17-16(18)15(12-13-8-4-3-5-9-13)14-10-6-1-2-7-11-14/h3-5,8-9,12,14H,1-2,6-7,10-11H2,(H,17,18). The molecule has 1 aliphatic carbocycles. The van der Waals surface area contributed by atoms with Crippen LogP contribution in [-0.4, -0.2) is 11.1 Å². The highest BCUT2D eigenvalue weighted by Crippen LogP contribution is 2.30. The second-order valence-corrected chi connectivity index (χ2v) is 5.00. The lowest BCUT2D eigenvalue weighted by Crippen LogP contribution is -2.12. The second kappa shape index (κ2) is 6.39. The maximum atomic E-state index is 11.4. The number of benzene rings is 1. The number of hydrogen-bond donors (Lipinski definition) is 1. The molecular weight excluding hydrogens is 224 g/mol. The minimum atomic E-state index is -0.759. The van der Waals surface area contributed by atoms with E-state index in [1.165, 1.54) is 12.8 Å². The molecule has 0 bridgehead atoms. The van der Waals surface area contributed by atoms with Gasteiger partial charge >= 0.3 is 5.97 Å². The Bertz CT molecular complexity index is 412. The van der Waals surface area contributed by atoms with E-state index in [2.05, 4.69) is 0 Å². The van der Waals surface area contributed by atoms with Crippen LogP contribution in [0.5, 0.6) is 0 Å². The summed E-state index contributed by atoms with van der Waals surface area (Å²) >= 11 is 0. The van der Waals surface area contributed by atoms with E-state index in [4.69, 9.17) is 0 Å². The average Bonchev–Trinajstić information content (AvgIpc) is 2.65. The van der Waals surface area contributed by atoms with Gasteiger partial charge in [0, 0.05) is 5.57 Å². The van der Waals surface area contributed by atoms with E-state index in [9.17, 15) is 9.90 Å². The van der Waals surface area contributed by atoms with E-state index in [1.807, 2.05) is 36.4 Å². The van der Waals surface area contributed by atoms with E-state index in [0.717, 1.165) is 31.2 Å². The molecule has 1 aromatic carbocycles. The maximum absolute atomic E-state index is 11.4. The highest BCUT2D eigenvalue weighted by atomic mass is 16.4. The van der Waals surface area contributed by atoms with Crippen LogP contribution in [0.1, 0.15) is 44.1 Å². The minimum Gasteiger partial charge on any atom is -0.478 e. The first-order valence-corrected chi connectivity index (χ1v) is 6.77. The molecule has 0 aromatic heterocycles. The second-order valence-electron chi connectivity index (χ2n) is 5.00. The van der Waals surface area contributed by atoms with Gasteiger partial charge < -0.3 is 5.11 Å². The van der Waals surface area contributed by atoms with Gasteiger partial charge in [0.2, 0.25) is 0 Å². The third-order valence-corrected chi connectivity index (χ3v) is 3.66. The summed E-state index contributed by atoms with van der Waals surface area (Å²) < 4.78 is 0. The van der Waals surface area contributed by atoms with Crippen LogP contribution < -0.4 is 0 Å². The number of carboxylic acid groups (broad SMARTS) is 1. The molecule has 1 aromatic rings. The molecule has 96 valence electrons. The summed E-state index contributed by atoms with van der Waals surface area (Å²) in [5.74, 6) is -0.532. The van der Waals surface area contributed by atoms with Crippen LogP contribution in [0.4, 0.5) is 0 Å². The summed E-state index contributed by atoms with van der Waals surface area (Å²) in [5.41, 5.74) is 1.57. The molecule has 1 aliphatic rings. The Kier molecular flexibility index (Phi) is 4.57. The van der Waals surface area contributed by atoms with Gasteiger partial charge in [-0.25, -0.2) is 4.79 Å². The fraction of sp³-hybridized carbons (Fsp3) is 0.438. The number of carbonyl (C=O) groups is 1. The molecule has 0 radical (unpaired) electrons. The van der Waals surface area contributed by atoms with Crippen molar-refractivity contribution in [3.63, 3.8) is 0 Å². The van der Waals surface area contributed by atoms with Crippen molar-refractivity contribution in [3.8, 4) is 0 Å². The van der Waals surface area contributed by atoms with Gasteiger partial charge in [0.05, 0.1) is 0 Å². The fourth-order valence-corrected chi connectivity index (χ4v) is 2.67. The van der Waals surface area contributed by atoms with Crippen LogP contribution in [-0.2, 0) is 4.79 Å².